The van der Waals surface area contributed by atoms with Crippen LogP contribution in [0.1, 0.15) is 6.92 Å². The van der Waals surface area contributed by atoms with Crippen molar-refractivity contribution in [2.24, 2.45) is 0 Å². The third kappa shape index (κ3) is 3.80. The average molecular weight is 296 g/mol. The normalized spacial score (nSPS) is 18.4. The molecule has 20 heavy (non-hydrogen) atoms. The van der Waals surface area contributed by atoms with Crippen LogP contribution in [0, 0.1) is 0 Å². The van der Waals surface area contributed by atoms with Crippen LogP contribution in [0.15, 0.2) is 18.2 Å². The molecule has 1 saturated heterocycles. The summed E-state index contributed by atoms with van der Waals surface area (Å²) in [5.74, 6) is 3.15. The first-order chi connectivity index (χ1) is 9.74. The maximum atomic E-state index is 12.1. The number of carbonyl (C=O) groups excluding carboxylic acids is 1. The van der Waals surface area contributed by atoms with E-state index in [-0.39, 0.29) is 11.9 Å². The molecule has 0 saturated carbocycles. The van der Waals surface area contributed by atoms with Gasteiger partial charge in [0.25, 0.3) is 0 Å². The number of rotatable bonds is 5. The Bertz CT molecular complexity index is 462. The second-order valence-corrected chi connectivity index (χ2v) is 5.52. The fraction of sp³-hybridized carbons (Fsp3) is 0.500. The Morgan fingerprint density at radius 1 is 1.50 bits per heavy atom. The van der Waals surface area contributed by atoms with Crippen molar-refractivity contribution >= 4 is 23.4 Å². The lowest BCUT2D eigenvalue weighted by Gasteiger charge is -2.22. The summed E-state index contributed by atoms with van der Waals surface area (Å²) in [7, 11) is 1.59. The number of nitrogens with one attached hydrogen (secondary N) is 2. The van der Waals surface area contributed by atoms with Crippen LogP contribution < -0.4 is 20.1 Å². The molecule has 5 nitrogen and oxygen atoms in total. The molecule has 0 aromatic heterocycles. The largest absolute Gasteiger partial charge is 0.493 e. The molecule has 1 heterocycles. The van der Waals surface area contributed by atoms with Crippen LogP contribution in [0.2, 0.25) is 0 Å². The van der Waals surface area contributed by atoms with Gasteiger partial charge in [-0.1, -0.05) is 0 Å². The summed E-state index contributed by atoms with van der Waals surface area (Å²) in [6.45, 7) is 3.36. The number of hydrogen-bond donors (Lipinski definition) is 2. The van der Waals surface area contributed by atoms with Crippen LogP contribution >= 0.6 is 11.8 Å². The predicted molar refractivity (Wildman–Crippen MR) is 81.9 cm³/mol. The number of amides is 1. The van der Waals surface area contributed by atoms with Gasteiger partial charge in [0.05, 0.1) is 19.8 Å². The Morgan fingerprint density at radius 3 is 3.00 bits per heavy atom. The molecule has 1 fully saturated rings. The first kappa shape index (κ1) is 15.0. The predicted octanol–water partition coefficient (Wildman–Crippen LogP) is 1.74. The van der Waals surface area contributed by atoms with E-state index < -0.39 is 0 Å². The molecule has 0 radical (unpaired) electrons. The van der Waals surface area contributed by atoms with Gasteiger partial charge in [0, 0.05) is 29.8 Å². The summed E-state index contributed by atoms with van der Waals surface area (Å²) in [6, 6.07) is 5.27. The van der Waals surface area contributed by atoms with Crippen molar-refractivity contribution in [1.29, 1.82) is 0 Å². The number of hydrogen-bond acceptors (Lipinski definition) is 5. The molecule has 1 amide bonds. The number of methoxy groups -OCH3 is 1. The van der Waals surface area contributed by atoms with E-state index in [1.54, 1.807) is 31.0 Å². The minimum atomic E-state index is -0.133. The summed E-state index contributed by atoms with van der Waals surface area (Å²) in [5, 5.41) is 6.12. The Labute approximate surface area is 123 Å². The Balaban J connectivity index is 2.03. The van der Waals surface area contributed by atoms with Gasteiger partial charge in [0.15, 0.2) is 11.5 Å². The molecule has 0 bridgehead atoms. The van der Waals surface area contributed by atoms with Gasteiger partial charge < -0.3 is 20.1 Å². The van der Waals surface area contributed by atoms with Gasteiger partial charge in [0.1, 0.15) is 0 Å². The van der Waals surface area contributed by atoms with Crippen molar-refractivity contribution in [3.8, 4) is 11.5 Å². The van der Waals surface area contributed by atoms with E-state index in [4.69, 9.17) is 9.47 Å². The van der Waals surface area contributed by atoms with Gasteiger partial charge in [-0.2, -0.15) is 11.8 Å². The Hall–Kier alpha value is -1.40. The molecule has 1 aromatic carbocycles. The van der Waals surface area contributed by atoms with E-state index in [1.165, 1.54) is 0 Å². The highest BCUT2D eigenvalue weighted by atomic mass is 32.2. The molecule has 1 atom stereocenters. The third-order valence-electron chi connectivity index (χ3n) is 2.97. The molecule has 1 unspecified atom stereocenters. The van der Waals surface area contributed by atoms with Crippen LogP contribution in [0.3, 0.4) is 0 Å². The van der Waals surface area contributed by atoms with E-state index >= 15 is 0 Å². The van der Waals surface area contributed by atoms with Crippen molar-refractivity contribution in [2.45, 2.75) is 13.0 Å². The number of benzene rings is 1. The molecule has 6 heteroatoms. The van der Waals surface area contributed by atoms with Gasteiger partial charge in [-0.3, -0.25) is 4.79 Å². The standard InChI is InChI=1S/C14H20N2O3S/c1-3-19-12-5-4-10(8-13(12)18-2)16-14(17)11-9-20-7-6-15-11/h4-5,8,11,15H,3,6-7,9H2,1-2H3,(H,16,17). The molecule has 1 aromatic rings. The minimum Gasteiger partial charge on any atom is -0.493 e. The van der Waals surface area contributed by atoms with Crippen molar-refractivity contribution < 1.29 is 14.3 Å². The summed E-state index contributed by atoms with van der Waals surface area (Å²) in [6.07, 6.45) is 0. The van der Waals surface area contributed by atoms with Crippen LogP contribution in [0.4, 0.5) is 5.69 Å². The maximum Gasteiger partial charge on any atom is 0.242 e. The van der Waals surface area contributed by atoms with Crippen LogP contribution in [-0.4, -0.2) is 43.7 Å². The van der Waals surface area contributed by atoms with E-state index in [1.807, 2.05) is 13.0 Å². The Kier molecular flexibility index (Phi) is 5.55. The lowest BCUT2D eigenvalue weighted by molar-refractivity contribution is -0.117. The highest BCUT2D eigenvalue weighted by molar-refractivity contribution is 7.99. The summed E-state index contributed by atoms with van der Waals surface area (Å²) in [4.78, 5) is 12.1. The zero-order chi connectivity index (χ0) is 14.4. The number of carbonyl (C=O) groups is 1. The monoisotopic (exact) mass is 296 g/mol. The zero-order valence-electron chi connectivity index (χ0n) is 11.8. The summed E-state index contributed by atoms with van der Waals surface area (Å²) < 4.78 is 10.7. The smallest absolute Gasteiger partial charge is 0.242 e. The number of thioether (sulfide) groups is 1. The van der Waals surface area contributed by atoms with Gasteiger partial charge >= 0.3 is 0 Å². The lowest BCUT2D eigenvalue weighted by atomic mass is 10.2. The van der Waals surface area contributed by atoms with Gasteiger partial charge in [0.2, 0.25) is 5.91 Å². The Morgan fingerprint density at radius 2 is 2.35 bits per heavy atom. The van der Waals surface area contributed by atoms with Crippen LogP contribution in [0.5, 0.6) is 11.5 Å². The lowest BCUT2D eigenvalue weighted by Crippen LogP contribution is -2.46. The van der Waals surface area contributed by atoms with Crippen molar-refractivity contribution in [3.05, 3.63) is 18.2 Å². The molecule has 1 aliphatic heterocycles. The zero-order valence-corrected chi connectivity index (χ0v) is 12.6. The average Bonchev–Trinajstić information content (AvgIpc) is 2.50. The highest BCUT2D eigenvalue weighted by Gasteiger charge is 2.21. The van der Waals surface area contributed by atoms with Gasteiger partial charge in [-0.25, -0.2) is 0 Å². The first-order valence-electron chi connectivity index (χ1n) is 6.67. The minimum absolute atomic E-state index is 0.0107. The van der Waals surface area contributed by atoms with Crippen LogP contribution in [-0.2, 0) is 4.79 Å². The van der Waals surface area contributed by atoms with E-state index in [0.29, 0.717) is 23.8 Å². The van der Waals surface area contributed by atoms with Crippen molar-refractivity contribution in [1.82, 2.24) is 5.32 Å². The molecular weight excluding hydrogens is 276 g/mol. The fourth-order valence-electron chi connectivity index (χ4n) is 1.98. The topological polar surface area (TPSA) is 59.6 Å². The molecule has 110 valence electrons. The van der Waals surface area contributed by atoms with E-state index in [0.717, 1.165) is 18.1 Å². The maximum absolute atomic E-state index is 12.1. The second kappa shape index (κ2) is 7.40. The number of anilines is 1. The number of ether oxygens (including phenoxy) is 2. The molecule has 2 rings (SSSR count). The van der Waals surface area contributed by atoms with Crippen molar-refractivity contribution in [3.63, 3.8) is 0 Å². The molecule has 0 aliphatic carbocycles. The SMILES string of the molecule is CCOc1ccc(NC(=O)C2CSCCN2)cc1OC. The molecule has 2 N–H and O–H groups in total. The van der Waals surface area contributed by atoms with Gasteiger partial charge in [-0.05, 0) is 19.1 Å². The van der Waals surface area contributed by atoms with E-state index in [9.17, 15) is 4.79 Å². The van der Waals surface area contributed by atoms with Crippen LogP contribution in [0.25, 0.3) is 0 Å². The molecular formula is C14H20N2O3S. The van der Waals surface area contributed by atoms with Crippen molar-refractivity contribution in [2.75, 3.05) is 37.1 Å². The third-order valence-corrected chi connectivity index (χ3v) is 4.03. The summed E-state index contributed by atoms with van der Waals surface area (Å²) >= 11 is 1.79. The van der Waals surface area contributed by atoms with Gasteiger partial charge in [-0.15, -0.1) is 0 Å². The fourth-order valence-corrected chi connectivity index (χ4v) is 2.92. The first-order valence-corrected chi connectivity index (χ1v) is 7.83. The summed E-state index contributed by atoms with van der Waals surface area (Å²) in [5.41, 5.74) is 0.715. The molecule has 0 spiro atoms. The quantitative estimate of drug-likeness (QED) is 0.866. The van der Waals surface area contributed by atoms with E-state index in [2.05, 4.69) is 10.6 Å². The second-order valence-electron chi connectivity index (χ2n) is 4.37. The molecule has 1 aliphatic rings. The highest BCUT2D eigenvalue weighted by Crippen LogP contribution is 2.30.